The number of ether oxygens (including phenoxy) is 1. The molecule has 0 fully saturated rings. The van der Waals surface area contributed by atoms with Crippen LogP contribution in [0.4, 0.5) is 13.2 Å². The number of halogens is 3. The maximum Gasteiger partial charge on any atom is 0.403 e. The van der Waals surface area contributed by atoms with Gasteiger partial charge in [0.1, 0.15) is 6.04 Å². The van der Waals surface area contributed by atoms with Crippen LogP contribution in [0.1, 0.15) is 34.8 Å². The Bertz CT molecular complexity index is 1280. The third kappa shape index (κ3) is 4.85. The lowest BCUT2D eigenvalue weighted by atomic mass is 9.81. The van der Waals surface area contributed by atoms with E-state index < -0.39 is 23.9 Å². The van der Waals surface area contributed by atoms with E-state index in [4.69, 9.17) is 9.73 Å². The molecule has 3 aromatic rings. The van der Waals surface area contributed by atoms with E-state index in [1.165, 1.54) is 11.9 Å². The third-order valence-corrected chi connectivity index (χ3v) is 7.09. The summed E-state index contributed by atoms with van der Waals surface area (Å²) < 4.78 is 47.0. The summed E-state index contributed by atoms with van der Waals surface area (Å²) in [7, 11) is 1.28. The molecule has 0 aromatic heterocycles. The molecule has 0 saturated carbocycles. The molecule has 5 nitrogen and oxygen atoms in total. The molecule has 0 spiro atoms. The molecule has 37 heavy (non-hydrogen) atoms. The third-order valence-electron chi connectivity index (χ3n) is 7.09. The van der Waals surface area contributed by atoms with E-state index in [1.54, 1.807) is 0 Å². The molecule has 1 N–H and O–H groups in total. The maximum absolute atomic E-state index is 14.4. The normalized spacial score (nSPS) is 21.9. The van der Waals surface area contributed by atoms with Crippen LogP contribution >= 0.6 is 0 Å². The van der Waals surface area contributed by atoms with E-state index in [2.05, 4.69) is 5.32 Å². The lowest BCUT2D eigenvalue weighted by molar-refractivity contribution is -0.159. The zero-order valence-corrected chi connectivity index (χ0v) is 20.4. The Balaban J connectivity index is 1.61. The Labute approximate surface area is 214 Å². The largest absolute Gasteiger partial charge is 0.466 e. The van der Waals surface area contributed by atoms with Gasteiger partial charge in [-0.05, 0) is 36.7 Å². The Morgan fingerprint density at radius 2 is 1.68 bits per heavy atom. The molecule has 8 heteroatoms. The SMILES string of the molecule is CNC(CCN1Cc2ccccc2[C@@H]2OC(c3ccccc3)=N[C@]2(Cc2ccccc2)C1=O)C(F)(F)F. The Kier molecular flexibility index (Phi) is 6.77. The number of rotatable bonds is 7. The maximum atomic E-state index is 14.4. The van der Waals surface area contributed by atoms with Gasteiger partial charge >= 0.3 is 6.18 Å². The van der Waals surface area contributed by atoms with Crippen LogP contribution in [0.25, 0.3) is 0 Å². The zero-order valence-electron chi connectivity index (χ0n) is 20.4. The highest BCUT2D eigenvalue weighted by atomic mass is 19.4. The fourth-order valence-electron chi connectivity index (χ4n) is 5.21. The minimum atomic E-state index is -4.42. The number of nitrogens with one attached hydrogen (secondary N) is 1. The van der Waals surface area contributed by atoms with Crippen molar-refractivity contribution in [1.29, 1.82) is 0 Å². The van der Waals surface area contributed by atoms with Gasteiger partial charge in [-0.3, -0.25) is 4.79 Å². The number of nitrogens with zero attached hydrogens (tertiary/aromatic N) is 2. The predicted octanol–water partition coefficient (Wildman–Crippen LogP) is 5.07. The molecule has 0 aliphatic carbocycles. The Morgan fingerprint density at radius 3 is 2.35 bits per heavy atom. The van der Waals surface area contributed by atoms with Crippen LogP contribution in [0.3, 0.4) is 0 Å². The quantitative estimate of drug-likeness (QED) is 0.486. The summed E-state index contributed by atoms with van der Waals surface area (Å²) in [4.78, 5) is 20.9. The van der Waals surface area contributed by atoms with Crippen LogP contribution in [-0.4, -0.2) is 48.1 Å². The number of fused-ring (bicyclic) bond motifs is 3. The molecule has 1 amide bonds. The number of benzene rings is 3. The summed E-state index contributed by atoms with van der Waals surface area (Å²) in [5.74, 6) is 0.0236. The fourth-order valence-corrected chi connectivity index (χ4v) is 5.21. The molecule has 0 bridgehead atoms. The van der Waals surface area contributed by atoms with Crippen molar-refractivity contribution in [2.24, 2.45) is 4.99 Å². The Hall–Kier alpha value is -3.65. The van der Waals surface area contributed by atoms with Gasteiger partial charge in [0.25, 0.3) is 5.91 Å². The molecular formula is C29H28F3N3O2. The number of hydrogen-bond donors (Lipinski definition) is 1. The molecule has 192 valence electrons. The van der Waals surface area contributed by atoms with Gasteiger partial charge in [0.15, 0.2) is 11.6 Å². The molecule has 3 aromatic carbocycles. The van der Waals surface area contributed by atoms with Crippen molar-refractivity contribution in [1.82, 2.24) is 10.2 Å². The van der Waals surface area contributed by atoms with Crippen LogP contribution in [0.2, 0.25) is 0 Å². The summed E-state index contributed by atoms with van der Waals surface area (Å²) in [6.07, 6.45) is -5.14. The van der Waals surface area contributed by atoms with Gasteiger partial charge in [0, 0.05) is 30.6 Å². The summed E-state index contributed by atoms with van der Waals surface area (Å²) >= 11 is 0. The number of alkyl halides is 3. The first kappa shape index (κ1) is 25.0. The van der Waals surface area contributed by atoms with Crippen molar-refractivity contribution in [3.8, 4) is 0 Å². The molecule has 2 heterocycles. The second-order valence-corrected chi connectivity index (χ2v) is 9.46. The van der Waals surface area contributed by atoms with E-state index >= 15 is 0 Å². The second-order valence-electron chi connectivity index (χ2n) is 9.46. The average molecular weight is 508 g/mol. The number of amides is 1. The van der Waals surface area contributed by atoms with E-state index in [1.807, 2.05) is 84.9 Å². The minimum absolute atomic E-state index is 0.0718. The second kappa shape index (κ2) is 10.0. The summed E-state index contributed by atoms with van der Waals surface area (Å²) in [6.45, 7) is 0.119. The first-order chi connectivity index (χ1) is 17.8. The van der Waals surface area contributed by atoms with Gasteiger partial charge in [-0.15, -0.1) is 0 Å². The molecule has 3 atom stereocenters. The fraction of sp³-hybridized carbons (Fsp3) is 0.310. The lowest BCUT2D eigenvalue weighted by Crippen LogP contribution is -2.51. The number of carbonyl (C=O) groups is 1. The molecule has 2 aliphatic heterocycles. The smallest absolute Gasteiger partial charge is 0.403 e. The molecule has 0 radical (unpaired) electrons. The summed E-state index contributed by atoms with van der Waals surface area (Å²) in [5.41, 5.74) is 1.95. The number of hydrogen-bond acceptors (Lipinski definition) is 4. The van der Waals surface area contributed by atoms with Crippen LogP contribution in [0, 0.1) is 0 Å². The monoisotopic (exact) mass is 507 g/mol. The predicted molar refractivity (Wildman–Crippen MR) is 135 cm³/mol. The Morgan fingerprint density at radius 1 is 1.03 bits per heavy atom. The van der Waals surface area contributed by atoms with Crippen molar-refractivity contribution < 1.29 is 22.7 Å². The molecule has 2 aliphatic rings. The van der Waals surface area contributed by atoms with Crippen molar-refractivity contribution in [3.05, 3.63) is 107 Å². The molecule has 5 rings (SSSR count). The number of aliphatic imine (C=N–C) groups is 1. The summed E-state index contributed by atoms with van der Waals surface area (Å²) in [6, 6.07) is 24.8. The van der Waals surface area contributed by atoms with Crippen LogP contribution < -0.4 is 5.32 Å². The molecular weight excluding hydrogens is 479 g/mol. The topological polar surface area (TPSA) is 53.9 Å². The van der Waals surface area contributed by atoms with E-state index in [0.717, 1.165) is 22.3 Å². The highest BCUT2D eigenvalue weighted by Crippen LogP contribution is 2.46. The first-order valence-corrected chi connectivity index (χ1v) is 12.3. The minimum Gasteiger partial charge on any atom is -0.466 e. The highest BCUT2D eigenvalue weighted by molar-refractivity contribution is 6.01. The highest BCUT2D eigenvalue weighted by Gasteiger charge is 2.56. The van der Waals surface area contributed by atoms with Crippen molar-refractivity contribution >= 4 is 11.8 Å². The van der Waals surface area contributed by atoms with Crippen LogP contribution in [0.5, 0.6) is 0 Å². The van der Waals surface area contributed by atoms with E-state index in [9.17, 15) is 18.0 Å². The van der Waals surface area contributed by atoms with Gasteiger partial charge in [0.05, 0.1) is 0 Å². The average Bonchev–Trinajstić information content (AvgIpc) is 3.25. The summed E-state index contributed by atoms with van der Waals surface area (Å²) in [5, 5.41) is 2.34. The standard InChI is InChI=1S/C29H28F3N3O2/c1-33-24(29(30,31)32)16-17-35-19-22-14-8-9-15-23(22)25-28(27(35)36,18-20-10-4-2-5-11-20)34-26(37-25)21-12-6-3-7-13-21/h2-15,24-25,33H,16-19H2,1H3/t24?,25-,28-/m0/s1. The zero-order chi connectivity index (χ0) is 26.0. The van der Waals surface area contributed by atoms with Crippen LogP contribution in [0.15, 0.2) is 89.9 Å². The van der Waals surface area contributed by atoms with Gasteiger partial charge in [-0.2, -0.15) is 13.2 Å². The lowest BCUT2D eigenvalue weighted by Gasteiger charge is -2.33. The van der Waals surface area contributed by atoms with Gasteiger partial charge in [0.2, 0.25) is 5.90 Å². The van der Waals surface area contributed by atoms with E-state index in [-0.39, 0.29) is 31.8 Å². The molecule has 1 unspecified atom stereocenters. The first-order valence-electron chi connectivity index (χ1n) is 12.3. The van der Waals surface area contributed by atoms with Crippen LogP contribution in [-0.2, 0) is 22.5 Å². The van der Waals surface area contributed by atoms with Crippen molar-refractivity contribution in [2.45, 2.75) is 43.2 Å². The van der Waals surface area contributed by atoms with Gasteiger partial charge in [-0.25, -0.2) is 4.99 Å². The van der Waals surface area contributed by atoms with Gasteiger partial charge in [-0.1, -0.05) is 72.8 Å². The number of carbonyl (C=O) groups excluding carboxylic acids is 1. The van der Waals surface area contributed by atoms with E-state index in [0.29, 0.717) is 5.90 Å². The van der Waals surface area contributed by atoms with Crippen molar-refractivity contribution in [3.63, 3.8) is 0 Å². The van der Waals surface area contributed by atoms with Crippen molar-refractivity contribution in [2.75, 3.05) is 13.6 Å². The molecule has 0 saturated heterocycles. The van der Waals surface area contributed by atoms with Gasteiger partial charge < -0.3 is 15.0 Å².